The van der Waals surface area contributed by atoms with Crippen molar-refractivity contribution in [2.75, 3.05) is 0 Å². The van der Waals surface area contributed by atoms with Gasteiger partial charge in [-0.25, -0.2) is 19.9 Å². The zero-order valence-electron chi connectivity index (χ0n) is 29.8. The molecule has 0 atom stereocenters. The summed E-state index contributed by atoms with van der Waals surface area (Å²) in [7, 11) is 0. The van der Waals surface area contributed by atoms with Crippen LogP contribution in [0, 0.1) is 0 Å². The molecule has 0 fully saturated rings. The fourth-order valence-electron chi connectivity index (χ4n) is 7.49. The molecule has 0 aliphatic carbocycles. The van der Waals surface area contributed by atoms with Crippen LogP contribution in [0.3, 0.4) is 0 Å². The molecule has 0 bridgehead atoms. The van der Waals surface area contributed by atoms with Gasteiger partial charge in [-0.2, -0.15) is 9.97 Å². The van der Waals surface area contributed by atoms with Crippen molar-refractivity contribution in [2.45, 2.75) is 0 Å². The molecule has 56 heavy (non-hydrogen) atoms. The van der Waals surface area contributed by atoms with Gasteiger partial charge in [0.05, 0.1) is 16.6 Å². The van der Waals surface area contributed by atoms with Crippen LogP contribution in [0.4, 0.5) is 0 Å². The zero-order valence-corrected chi connectivity index (χ0v) is 29.8. The third kappa shape index (κ3) is 5.31. The molecule has 4 heterocycles. The second-order valence-corrected chi connectivity index (χ2v) is 13.6. The molecule has 11 rings (SSSR count). The van der Waals surface area contributed by atoms with Gasteiger partial charge in [0, 0.05) is 43.8 Å². The number of aromatic nitrogens is 7. The van der Waals surface area contributed by atoms with Gasteiger partial charge in [0.25, 0.3) is 0 Å². The molecule has 0 saturated carbocycles. The zero-order chi connectivity index (χ0) is 37.0. The Morgan fingerprint density at radius 2 is 0.804 bits per heavy atom. The van der Waals surface area contributed by atoms with E-state index in [-0.39, 0.29) is 0 Å². The van der Waals surface area contributed by atoms with Crippen molar-refractivity contribution < 1.29 is 4.42 Å². The van der Waals surface area contributed by atoms with Gasteiger partial charge in [-0.05, 0) is 36.4 Å². The number of para-hydroxylation sites is 3. The lowest BCUT2D eigenvalue weighted by atomic mass is 10.1. The third-order valence-corrected chi connectivity index (χ3v) is 10.1. The van der Waals surface area contributed by atoms with Gasteiger partial charge in [0.1, 0.15) is 11.2 Å². The summed E-state index contributed by atoms with van der Waals surface area (Å²) >= 11 is 0. The second-order valence-electron chi connectivity index (χ2n) is 13.6. The van der Waals surface area contributed by atoms with Crippen molar-refractivity contribution >= 4 is 43.7 Å². The summed E-state index contributed by atoms with van der Waals surface area (Å²) in [4.78, 5) is 30.2. The van der Waals surface area contributed by atoms with E-state index in [1.54, 1.807) is 0 Å². The van der Waals surface area contributed by atoms with Crippen LogP contribution >= 0.6 is 0 Å². The van der Waals surface area contributed by atoms with Gasteiger partial charge in [-0.1, -0.05) is 140 Å². The van der Waals surface area contributed by atoms with Gasteiger partial charge in [0.2, 0.25) is 5.95 Å². The molecule has 4 aromatic heterocycles. The highest BCUT2D eigenvalue weighted by molar-refractivity contribution is 6.11. The van der Waals surface area contributed by atoms with E-state index < -0.39 is 0 Å². The molecule has 262 valence electrons. The smallest absolute Gasteiger partial charge is 0.238 e. The number of hydrogen-bond donors (Lipinski definition) is 0. The lowest BCUT2D eigenvalue weighted by Gasteiger charge is -2.11. The first-order valence-electron chi connectivity index (χ1n) is 18.4. The first kappa shape index (κ1) is 31.7. The molecule has 0 saturated heterocycles. The molecule has 0 N–H and O–H groups in total. The number of hydrogen-bond acceptors (Lipinski definition) is 7. The highest BCUT2D eigenvalue weighted by atomic mass is 16.3. The summed E-state index contributed by atoms with van der Waals surface area (Å²) in [5, 5.41) is 4.13. The highest BCUT2D eigenvalue weighted by Crippen LogP contribution is 2.38. The minimum Gasteiger partial charge on any atom is -0.455 e. The molecule has 0 aliphatic rings. The van der Waals surface area contributed by atoms with Crippen molar-refractivity contribution in [3.63, 3.8) is 0 Å². The minimum atomic E-state index is 0.512. The van der Waals surface area contributed by atoms with E-state index in [9.17, 15) is 0 Å². The molecule has 0 radical (unpaired) electrons. The lowest BCUT2D eigenvalue weighted by molar-refractivity contribution is 0.669. The number of benzene rings is 7. The normalized spacial score (nSPS) is 11.6. The van der Waals surface area contributed by atoms with E-state index in [1.165, 1.54) is 0 Å². The van der Waals surface area contributed by atoms with E-state index in [4.69, 9.17) is 34.3 Å². The van der Waals surface area contributed by atoms with Crippen molar-refractivity contribution in [3.8, 4) is 62.9 Å². The molecule has 8 heteroatoms. The van der Waals surface area contributed by atoms with Crippen molar-refractivity contribution in [1.82, 2.24) is 34.5 Å². The summed E-state index contributed by atoms with van der Waals surface area (Å²) < 4.78 is 8.79. The number of nitrogens with zero attached hydrogens (tertiary/aromatic N) is 7. The number of furan rings is 1. The first-order chi connectivity index (χ1) is 27.7. The fraction of sp³-hybridized carbons (Fsp3) is 0. The summed E-state index contributed by atoms with van der Waals surface area (Å²) in [6, 6.07) is 58.9. The van der Waals surface area contributed by atoms with Crippen molar-refractivity contribution in [1.29, 1.82) is 0 Å². The van der Waals surface area contributed by atoms with Gasteiger partial charge in [-0.3, -0.25) is 4.57 Å². The summed E-state index contributed by atoms with van der Waals surface area (Å²) in [6.07, 6.45) is 0. The van der Waals surface area contributed by atoms with E-state index in [2.05, 4.69) is 53.1 Å². The highest BCUT2D eigenvalue weighted by Gasteiger charge is 2.21. The Morgan fingerprint density at radius 1 is 0.339 bits per heavy atom. The molecule has 0 spiro atoms. The SMILES string of the molecule is c1ccc(-c2nc(-c3ccccc3)nc(-c3ccc4oc5c(-c6nc(-c7ccccc7)nc(-n7c8ccccc8c8ccccc87)n6)cccc5c4c3)n2)cc1. The molecule has 7 aromatic carbocycles. The maximum absolute atomic E-state index is 6.67. The van der Waals surface area contributed by atoms with Gasteiger partial charge < -0.3 is 4.42 Å². The second kappa shape index (κ2) is 12.9. The van der Waals surface area contributed by atoms with E-state index in [0.29, 0.717) is 40.7 Å². The quantitative estimate of drug-likeness (QED) is 0.169. The standard InChI is InChI=1S/C48H29N7O/c1-4-15-30(16-5-1)43-49-44(31-17-6-2-7-18-31)51-46(50-43)33-27-28-41-38(29-33)36-23-14-24-37(42(36)56-41)47-52-45(32-19-8-3-9-20-32)53-48(54-47)55-39-25-12-10-21-34(39)35-22-11-13-26-40(35)55/h1-29H. The molecule has 11 aromatic rings. The van der Waals surface area contributed by atoms with E-state index in [1.807, 2.05) is 127 Å². The number of rotatable bonds is 6. The van der Waals surface area contributed by atoms with Crippen molar-refractivity contribution in [3.05, 3.63) is 176 Å². The van der Waals surface area contributed by atoms with Crippen LogP contribution in [0.25, 0.3) is 107 Å². The van der Waals surface area contributed by atoms with Gasteiger partial charge >= 0.3 is 0 Å². The van der Waals surface area contributed by atoms with Crippen LogP contribution < -0.4 is 0 Å². The first-order valence-corrected chi connectivity index (χ1v) is 18.4. The summed E-state index contributed by atoms with van der Waals surface area (Å²) in [5.74, 6) is 3.40. The minimum absolute atomic E-state index is 0.512. The van der Waals surface area contributed by atoms with Crippen LogP contribution in [-0.4, -0.2) is 34.5 Å². The third-order valence-electron chi connectivity index (χ3n) is 10.1. The average molecular weight is 720 g/mol. The summed E-state index contributed by atoms with van der Waals surface area (Å²) in [6.45, 7) is 0. The van der Waals surface area contributed by atoms with Gasteiger partial charge in [0.15, 0.2) is 29.1 Å². The Balaban J connectivity index is 1.10. The molecule has 0 aliphatic heterocycles. The number of fused-ring (bicyclic) bond motifs is 6. The monoisotopic (exact) mass is 719 g/mol. The topological polar surface area (TPSA) is 95.4 Å². The maximum Gasteiger partial charge on any atom is 0.238 e. The Labute approximate surface area is 320 Å². The molecular formula is C48H29N7O. The summed E-state index contributed by atoms with van der Waals surface area (Å²) in [5.41, 5.74) is 7.79. The predicted octanol–water partition coefficient (Wildman–Crippen LogP) is 11.4. The van der Waals surface area contributed by atoms with Crippen LogP contribution in [0.1, 0.15) is 0 Å². The van der Waals surface area contributed by atoms with Crippen LogP contribution in [0.15, 0.2) is 180 Å². The Bertz CT molecular complexity index is 3140. The fourth-order valence-corrected chi connectivity index (χ4v) is 7.49. The van der Waals surface area contributed by atoms with Crippen LogP contribution in [0.5, 0.6) is 0 Å². The maximum atomic E-state index is 6.67. The van der Waals surface area contributed by atoms with E-state index in [0.717, 1.165) is 66.0 Å². The van der Waals surface area contributed by atoms with Crippen LogP contribution in [0.2, 0.25) is 0 Å². The largest absolute Gasteiger partial charge is 0.455 e. The van der Waals surface area contributed by atoms with Gasteiger partial charge in [-0.15, -0.1) is 0 Å². The Hall–Kier alpha value is -7.84. The molecule has 8 nitrogen and oxygen atoms in total. The Morgan fingerprint density at radius 3 is 1.39 bits per heavy atom. The average Bonchev–Trinajstić information content (AvgIpc) is 3.83. The molecule has 0 amide bonds. The van der Waals surface area contributed by atoms with Crippen molar-refractivity contribution in [2.24, 2.45) is 0 Å². The Kier molecular flexibility index (Phi) is 7.31. The lowest BCUT2D eigenvalue weighted by Crippen LogP contribution is -2.06. The van der Waals surface area contributed by atoms with E-state index >= 15 is 0 Å². The van der Waals surface area contributed by atoms with Crippen LogP contribution in [-0.2, 0) is 0 Å². The molecule has 0 unspecified atom stereocenters. The molecular weight excluding hydrogens is 691 g/mol. The predicted molar refractivity (Wildman–Crippen MR) is 222 cm³/mol.